The number of likely N-dealkylation sites (tertiary alicyclic amines) is 1. The summed E-state index contributed by atoms with van der Waals surface area (Å²) in [6, 6.07) is 13.5. The Kier molecular flexibility index (Phi) is 6.05. The zero-order valence-electron chi connectivity index (χ0n) is 15.5. The Morgan fingerprint density at radius 1 is 1.18 bits per heavy atom. The Bertz CT molecular complexity index is 931. The fourth-order valence-electron chi connectivity index (χ4n) is 3.18. The minimum atomic E-state index is -3.64. The number of carbonyl (C=O) groups excluding carboxylic acids is 1. The van der Waals surface area contributed by atoms with Crippen LogP contribution in [0.3, 0.4) is 0 Å². The van der Waals surface area contributed by atoms with Gasteiger partial charge in [0, 0.05) is 18.3 Å². The van der Waals surface area contributed by atoms with Gasteiger partial charge in [0.05, 0.1) is 12.9 Å². The number of para-hydroxylation sites is 2. The van der Waals surface area contributed by atoms with Crippen molar-refractivity contribution in [3.05, 3.63) is 48.5 Å². The van der Waals surface area contributed by atoms with E-state index in [1.165, 1.54) is 4.90 Å². The minimum absolute atomic E-state index is 0.230. The van der Waals surface area contributed by atoms with Crippen LogP contribution in [0.2, 0.25) is 0 Å². The summed E-state index contributed by atoms with van der Waals surface area (Å²) >= 11 is 0. The van der Waals surface area contributed by atoms with Crippen LogP contribution in [0.15, 0.2) is 48.5 Å². The molecule has 1 heterocycles. The largest absolute Gasteiger partial charge is 0.493 e. The van der Waals surface area contributed by atoms with E-state index in [4.69, 9.17) is 14.6 Å². The molecular formula is C19H23N3O5S. The molecule has 28 heavy (non-hydrogen) atoms. The number of nitrogens with zero attached hydrogens (tertiary/aromatic N) is 1. The fourth-order valence-corrected chi connectivity index (χ4v) is 4.06. The number of nitrogens with two attached hydrogens (primary N) is 1. The Labute approximate surface area is 164 Å². The molecule has 2 aromatic carbocycles. The van der Waals surface area contributed by atoms with Crippen LogP contribution in [0, 0.1) is 0 Å². The predicted molar refractivity (Wildman–Crippen MR) is 106 cm³/mol. The summed E-state index contributed by atoms with van der Waals surface area (Å²) in [6.45, 7) is 0.501. The molecule has 1 atom stereocenters. The maximum atomic E-state index is 12.5. The monoisotopic (exact) mass is 405 g/mol. The molecule has 8 nitrogen and oxygen atoms in total. The highest BCUT2D eigenvalue weighted by Crippen LogP contribution is 2.31. The summed E-state index contributed by atoms with van der Waals surface area (Å²) < 4.78 is 33.7. The molecule has 150 valence electrons. The Balaban J connectivity index is 1.63. The molecule has 0 bridgehead atoms. The first kappa shape index (κ1) is 20.0. The third-order valence-electron chi connectivity index (χ3n) is 4.47. The molecule has 1 fully saturated rings. The van der Waals surface area contributed by atoms with Crippen LogP contribution >= 0.6 is 0 Å². The van der Waals surface area contributed by atoms with Crippen molar-refractivity contribution >= 4 is 21.7 Å². The average molecular weight is 405 g/mol. The van der Waals surface area contributed by atoms with Crippen molar-refractivity contribution in [1.29, 1.82) is 0 Å². The molecule has 2 amide bonds. The lowest BCUT2D eigenvalue weighted by molar-refractivity contribution is 0.210. The van der Waals surface area contributed by atoms with Crippen LogP contribution in [0.4, 0.5) is 10.5 Å². The smallest absolute Gasteiger partial charge is 0.322 e. The van der Waals surface area contributed by atoms with Gasteiger partial charge in [0.2, 0.25) is 10.0 Å². The van der Waals surface area contributed by atoms with Gasteiger partial charge in [-0.05, 0) is 49.2 Å². The molecule has 0 aromatic heterocycles. The van der Waals surface area contributed by atoms with Crippen molar-refractivity contribution in [1.82, 2.24) is 4.90 Å². The number of methoxy groups -OCH3 is 1. The molecule has 1 aliphatic heterocycles. The van der Waals surface area contributed by atoms with E-state index in [1.54, 1.807) is 43.5 Å². The van der Waals surface area contributed by atoms with E-state index >= 15 is 0 Å². The first-order valence-corrected chi connectivity index (χ1v) is 10.6. The molecule has 2 aromatic rings. The molecule has 0 unspecified atom stereocenters. The first-order chi connectivity index (χ1) is 13.4. The summed E-state index contributed by atoms with van der Waals surface area (Å²) in [4.78, 5) is 14.0. The number of amides is 2. The number of benzene rings is 2. The van der Waals surface area contributed by atoms with Crippen molar-refractivity contribution in [2.24, 2.45) is 5.14 Å². The first-order valence-electron chi connectivity index (χ1n) is 8.85. The zero-order chi connectivity index (χ0) is 20.1. The van der Waals surface area contributed by atoms with Crippen molar-refractivity contribution in [2.75, 3.05) is 24.7 Å². The maximum absolute atomic E-state index is 12.5. The van der Waals surface area contributed by atoms with Gasteiger partial charge in [0.1, 0.15) is 5.75 Å². The highest BCUT2D eigenvalue weighted by molar-refractivity contribution is 7.89. The Morgan fingerprint density at radius 3 is 2.50 bits per heavy atom. The van der Waals surface area contributed by atoms with Crippen LogP contribution in [0.1, 0.15) is 12.8 Å². The number of urea groups is 1. The lowest BCUT2D eigenvalue weighted by Crippen LogP contribution is -2.43. The summed E-state index contributed by atoms with van der Waals surface area (Å²) in [7, 11) is -2.06. The second kappa shape index (κ2) is 8.49. The van der Waals surface area contributed by atoms with E-state index in [0.29, 0.717) is 35.9 Å². The average Bonchev–Trinajstić information content (AvgIpc) is 3.10. The third-order valence-corrected chi connectivity index (χ3v) is 5.31. The van der Waals surface area contributed by atoms with Gasteiger partial charge in [0.15, 0.2) is 11.5 Å². The van der Waals surface area contributed by atoms with Gasteiger partial charge in [-0.1, -0.05) is 12.1 Å². The topological polar surface area (TPSA) is 111 Å². The number of primary sulfonamides is 1. The molecule has 0 aliphatic carbocycles. The maximum Gasteiger partial charge on any atom is 0.322 e. The van der Waals surface area contributed by atoms with E-state index in [-0.39, 0.29) is 11.8 Å². The Hall–Kier alpha value is -2.78. The number of carbonyl (C=O) groups is 1. The van der Waals surface area contributed by atoms with Crippen molar-refractivity contribution in [2.45, 2.75) is 18.9 Å². The molecular weight excluding hydrogens is 382 g/mol. The number of anilines is 1. The molecule has 0 saturated carbocycles. The SMILES string of the molecule is COc1ccccc1Oc1ccc(NC(=O)N2CCC[C@@H]2CS(N)(=O)=O)cc1. The lowest BCUT2D eigenvalue weighted by Gasteiger charge is -2.24. The molecule has 0 spiro atoms. The van der Waals surface area contributed by atoms with E-state index < -0.39 is 16.1 Å². The number of rotatable bonds is 6. The van der Waals surface area contributed by atoms with E-state index in [9.17, 15) is 13.2 Å². The number of hydrogen-bond donors (Lipinski definition) is 2. The number of nitrogens with one attached hydrogen (secondary N) is 1. The van der Waals surface area contributed by atoms with Gasteiger partial charge in [-0.25, -0.2) is 18.4 Å². The quantitative estimate of drug-likeness (QED) is 0.768. The van der Waals surface area contributed by atoms with Crippen molar-refractivity contribution in [3.8, 4) is 17.2 Å². The highest BCUT2D eigenvalue weighted by Gasteiger charge is 2.31. The van der Waals surface area contributed by atoms with E-state index in [2.05, 4.69) is 5.32 Å². The molecule has 3 rings (SSSR count). The van der Waals surface area contributed by atoms with Gasteiger partial charge < -0.3 is 19.7 Å². The summed E-state index contributed by atoms with van der Waals surface area (Å²) in [5, 5.41) is 7.91. The number of sulfonamides is 1. The predicted octanol–water partition coefficient (Wildman–Crippen LogP) is 2.77. The van der Waals surface area contributed by atoms with E-state index in [1.807, 2.05) is 12.1 Å². The second-order valence-electron chi connectivity index (χ2n) is 6.53. The summed E-state index contributed by atoms with van der Waals surface area (Å²) in [5.74, 6) is 1.57. The zero-order valence-corrected chi connectivity index (χ0v) is 16.3. The molecule has 1 aliphatic rings. The van der Waals surface area contributed by atoms with Gasteiger partial charge in [-0.15, -0.1) is 0 Å². The molecule has 3 N–H and O–H groups in total. The normalized spacial score (nSPS) is 16.6. The molecule has 0 radical (unpaired) electrons. The van der Waals surface area contributed by atoms with Crippen molar-refractivity contribution < 1.29 is 22.7 Å². The Morgan fingerprint density at radius 2 is 1.86 bits per heavy atom. The minimum Gasteiger partial charge on any atom is -0.493 e. The highest BCUT2D eigenvalue weighted by atomic mass is 32.2. The van der Waals surface area contributed by atoms with Gasteiger partial charge >= 0.3 is 6.03 Å². The van der Waals surface area contributed by atoms with Crippen LogP contribution in [-0.4, -0.2) is 44.8 Å². The number of ether oxygens (including phenoxy) is 2. The fraction of sp³-hybridized carbons (Fsp3) is 0.316. The number of hydrogen-bond acceptors (Lipinski definition) is 5. The van der Waals surface area contributed by atoms with E-state index in [0.717, 1.165) is 6.42 Å². The van der Waals surface area contributed by atoms with Crippen LogP contribution in [0.25, 0.3) is 0 Å². The van der Waals surface area contributed by atoms with Gasteiger partial charge in [0.25, 0.3) is 0 Å². The van der Waals surface area contributed by atoms with Crippen LogP contribution < -0.4 is 19.9 Å². The third kappa shape index (κ3) is 5.14. The summed E-state index contributed by atoms with van der Waals surface area (Å²) in [6.07, 6.45) is 1.37. The van der Waals surface area contributed by atoms with Crippen molar-refractivity contribution in [3.63, 3.8) is 0 Å². The lowest BCUT2D eigenvalue weighted by atomic mass is 10.2. The molecule has 9 heteroatoms. The standard InChI is InChI=1S/C19H23N3O5S/c1-26-17-6-2-3-7-18(17)27-16-10-8-14(9-11-16)21-19(23)22-12-4-5-15(22)13-28(20,24)25/h2-3,6-11,15H,4-5,12-13H2,1H3,(H,21,23)(H2,20,24,25)/t15-/m1/s1. The van der Waals surface area contributed by atoms with Gasteiger partial charge in [-0.3, -0.25) is 0 Å². The second-order valence-corrected chi connectivity index (χ2v) is 8.19. The van der Waals surface area contributed by atoms with Crippen LogP contribution in [-0.2, 0) is 10.0 Å². The molecule has 1 saturated heterocycles. The summed E-state index contributed by atoms with van der Waals surface area (Å²) in [5.41, 5.74) is 0.582. The van der Waals surface area contributed by atoms with Crippen LogP contribution in [0.5, 0.6) is 17.2 Å². The van der Waals surface area contributed by atoms with Gasteiger partial charge in [-0.2, -0.15) is 0 Å².